The monoisotopic (exact) mass is 535 g/mol. The zero-order valence-electron chi connectivity index (χ0n) is 16.3. The van der Waals surface area contributed by atoms with Crippen LogP contribution in [0, 0.1) is 0 Å². The van der Waals surface area contributed by atoms with Gasteiger partial charge in [-0.15, -0.1) is 24.0 Å². The SMILES string of the molecule is CN=C(NCC(SC)c1cccc(Cl)c1)N1CCOC(c2cnn(C)c2)C1.I. The number of aryl methyl sites for hydroxylation is 1. The van der Waals surface area contributed by atoms with Crippen molar-refractivity contribution in [1.29, 1.82) is 0 Å². The Morgan fingerprint density at radius 2 is 2.32 bits per heavy atom. The molecule has 9 heteroatoms. The molecule has 1 N–H and O–H groups in total. The van der Waals surface area contributed by atoms with E-state index in [1.165, 1.54) is 5.56 Å². The summed E-state index contributed by atoms with van der Waals surface area (Å²) in [6.07, 6.45) is 6.00. The van der Waals surface area contributed by atoms with E-state index in [9.17, 15) is 0 Å². The summed E-state index contributed by atoms with van der Waals surface area (Å²) >= 11 is 7.95. The van der Waals surface area contributed by atoms with Crippen LogP contribution in [0.5, 0.6) is 0 Å². The second-order valence-electron chi connectivity index (χ2n) is 6.46. The molecule has 1 fully saturated rings. The van der Waals surface area contributed by atoms with Crippen LogP contribution in [0.4, 0.5) is 0 Å². The van der Waals surface area contributed by atoms with Crippen molar-refractivity contribution in [1.82, 2.24) is 20.0 Å². The van der Waals surface area contributed by atoms with Gasteiger partial charge in [0.2, 0.25) is 0 Å². The summed E-state index contributed by atoms with van der Waals surface area (Å²) in [6, 6.07) is 8.04. The van der Waals surface area contributed by atoms with Crippen molar-refractivity contribution in [3.05, 3.63) is 52.8 Å². The van der Waals surface area contributed by atoms with E-state index in [0.29, 0.717) is 11.9 Å². The molecule has 1 aliphatic heterocycles. The van der Waals surface area contributed by atoms with Gasteiger partial charge < -0.3 is 15.0 Å². The number of thioether (sulfide) groups is 1. The van der Waals surface area contributed by atoms with Gasteiger partial charge in [0, 0.05) is 49.2 Å². The number of hydrogen-bond acceptors (Lipinski definition) is 4. The maximum atomic E-state index is 6.15. The summed E-state index contributed by atoms with van der Waals surface area (Å²) in [5.41, 5.74) is 2.31. The highest BCUT2D eigenvalue weighted by atomic mass is 127. The van der Waals surface area contributed by atoms with E-state index in [1.54, 1.807) is 16.4 Å². The number of nitrogens with zero attached hydrogens (tertiary/aromatic N) is 4. The van der Waals surface area contributed by atoms with E-state index in [-0.39, 0.29) is 30.1 Å². The Labute approximate surface area is 193 Å². The molecule has 0 radical (unpaired) electrons. The minimum absolute atomic E-state index is 0. The lowest BCUT2D eigenvalue weighted by atomic mass is 10.1. The quantitative estimate of drug-likeness (QED) is 0.359. The van der Waals surface area contributed by atoms with Crippen molar-refractivity contribution in [2.45, 2.75) is 11.4 Å². The third-order valence-corrected chi connectivity index (χ3v) is 5.87. The minimum atomic E-state index is 0. The van der Waals surface area contributed by atoms with Crippen molar-refractivity contribution in [2.75, 3.05) is 39.5 Å². The molecule has 1 saturated heterocycles. The summed E-state index contributed by atoms with van der Waals surface area (Å²) in [4.78, 5) is 6.73. The summed E-state index contributed by atoms with van der Waals surface area (Å²) < 4.78 is 7.74. The number of hydrogen-bond donors (Lipinski definition) is 1. The predicted octanol–water partition coefficient (Wildman–Crippen LogP) is 3.74. The van der Waals surface area contributed by atoms with Crippen LogP contribution in [0.3, 0.4) is 0 Å². The first-order valence-corrected chi connectivity index (χ1v) is 10.6. The van der Waals surface area contributed by atoms with Crippen LogP contribution in [0.15, 0.2) is 41.7 Å². The molecule has 2 aromatic rings. The summed E-state index contributed by atoms with van der Waals surface area (Å²) in [5, 5.41) is 8.84. The number of benzene rings is 1. The average molecular weight is 536 g/mol. The Kier molecular flexibility index (Phi) is 9.39. The number of guanidine groups is 1. The lowest BCUT2D eigenvalue weighted by Crippen LogP contribution is -2.48. The molecule has 1 aliphatic rings. The zero-order chi connectivity index (χ0) is 19.2. The molecule has 0 aliphatic carbocycles. The van der Waals surface area contributed by atoms with Gasteiger partial charge in [-0.25, -0.2) is 0 Å². The lowest BCUT2D eigenvalue weighted by molar-refractivity contribution is -0.00801. The van der Waals surface area contributed by atoms with Gasteiger partial charge in [-0.05, 0) is 24.0 Å². The largest absolute Gasteiger partial charge is 0.370 e. The predicted molar refractivity (Wildman–Crippen MR) is 128 cm³/mol. The van der Waals surface area contributed by atoms with E-state index in [2.05, 4.69) is 32.6 Å². The molecule has 0 amide bonds. The molecule has 2 unspecified atom stereocenters. The van der Waals surface area contributed by atoms with E-state index in [0.717, 1.165) is 36.2 Å². The third-order valence-electron chi connectivity index (χ3n) is 4.62. The summed E-state index contributed by atoms with van der Waals surface area (Å²) in [5.74, 6) is 0.897. The van der Waals surface area contributed by atoms with Gasteiger partial charge in [-0.1, -0.05) is 23.7 Å². The van der Waals surface area contributed by atoms with E-state index >= 15 is 0 Å². The van der Waals surface area contributed by atoms with E-state index < -0.39 is 0 Å². The fraction of sp³-hybridized carbons (Fsp3) is 0.474. The first-order chi connectivity index (χ1) is 13.1. The summed E-state index contributed by atoms with van der Waals surface area (Å²) in [6.45, 7) is 3.02. The molecule has 2 heterocycles. The normalized spacial score (nSPS) is 18.5. The van der Waals surface area contributed by atoms with Gasteiger partial charge in [0.1, 0.15) is 6.10 Å². The number of aromatic nitrogens is 2. The van der Waals surface area contributed by atoms with Crippen LogP contribution in [0.25, 0.3) is 0 Å². The standard InChI is InChI=1S/C19H26ClN5OS.HI/c1-21-19(22-11-18(27-3)14-5-4-6-16(20)9-14)25-7-8-26-17(13-25)15-10-23-24(2)12-15;/h4-6,9-10,12,17-18H,7-8,11,13H2,1-3H3,(H,21,22);1H. The number of rotatable bonds is 5. The number of morpholine rings is 1. The Morgan fingerprint density at radius 1 is 1.50 bits per heavy atom. The zero-order valence-corrected chi connectivity index (χ0v) is 20.2. The Morgan fingerprint density at radius 3 is 2.96 bits per heavy atom. The Bertz CT molecular complexity index is 787. The van der Waals surface area contributed by atoms with Crippen LogP contribution < -0.4 is 5.32 Å². The smallest absolute Gasteiger partial charge is 0.193 e. The van der Waals surface area contributed by atoms with Crippen LogP contribution in [0.2, 0.25) is 5.02 Å². The first kappa shape index (κ1) is 23.3. The van der Waals surface area contributed by atoms with Crippen molar-refractivity contribution >= 4 is 53.3 Å². The number of aliphatic imine (C=N–C) groups is 1. The molecule has 0 saturated carbocycles. The van der Waals surface area contributed by atoms with E-state index in [4.69, 9.17) is 16.3 Å². The molecule has 6 nitrogen and oxygen atoms in total. The minimum Gasteiger partial charge on any atom is -0.370 e. The van der Waals surface area contributed by atoms with Gasteiger partial charge in [0.15, 0.2) is 5.96 Å². The van der Waals surface area contributed by atoms with Crippen LogP contribution >= 0.6 is 47.3 Å². The highest BCUT2D eigenvalue weighted by Crippen LogP contribution is 2.28. The second-order valence-corrected chi connectivity index (χ2v) is 7.94. The maximum Gasteiger partial charge on any atom is 0.193 e. The molecular formula is C19H27ClIN5OS. The number of ether oxygens (including phenoxy) is 1. The molecule has 154 valence electrons. The van der Waals surface area contributed by atoms with Crippen molar-refractivity contribution < 1.29 is 4.74 Å². The van der Waals surface area contributed by atoms with Gasteiger partial charge >= 0.3 is 0 Å². The van der Waals surface area contributed by atoms with Crippen LogP contribution in [0.1, 0.15) is 22.5 Å². The van der Waals surface area contributed by atoms with Crippen LogP contribution in [-0.2, 0) is 11.8 Å². The molecule has 28 heavy (non-hydrogen) atoms. The maximum absolute atomic E-state index is 6.15. The van der Waals surface area contributed by atoms with Crippen molar-refractivity contribution in [3.8, 4) is 0 Å². The molecular weight excluding hydrogens is 509 g/mol. The third kappa shape index (κ3) is 6.01. The van der Waals surface area contributed by atoms with Gasteiger partial charge in [0.25, 0.3) is 0 Å². The van der Waals surface area contributed by atoms with Crippen molar-refractivity contribution in [2.24, 2.45) is 12.0 Å². The Hall–Kier alpha value is -0.970. The average Bonchev–Trinajstić information content (AvgIpc) is 3.12. The fourth-order valence-electron chi connectivity index (χ4n) is 3.21. The molecule has 0 bridgehead atoms. The lowest BCUT2D eigenvalue weighted by Gasteiger charge is -2.35. The van der Waals surface area contributed by atoms with Crippen LogP contribution in [-0.4, -0.2) is 60.2 Å². The summed E-state index contributed by atoms with van der Waals surface area (Å²) in [7, 11) is 3.74. The van der Waals surface area contributed by atoms with Gasteiger partial charge in [0.05, 0.1) is 19.3 Å². The molecule has 0 spiro atoms. The first-order valence-electron chi connectivity index (χ1n) is 8.94. The molecule has 1 aromatic carbocycles. The van der Waals surface area contributed by atoms with Gasteiger partial charge in [-0.3, -0.25) is 9.67 Å². The van der Waals surface area contributed by atoms with Gasteiger partial charge in [-0.2, -0.15) is 16.9 Å². The number of nitrogens with one attached hydrogen (secondary N) is 1. The number of halogens is 2. The highest BCUT2D eigenvalue weighted by Gasteiger charge is 2.25. The van der Waals surface area contributed by atoms with E-state index in [1.807, 2.05) is 44.7 Å². The topological polar surface area (TPSA) is 54.7 Å². The Balaban J connectivity index is 0.00000280. The fourth-order valence-corrected chi connectivity index (χ4v) is 4.08. The molecule has 1 aromatic heterocycles. The van der Waals surface area contributed by atoms with Crippen molar-refractivity contribution in [3.63, 3.8) is 0 Å². The molecule has 3 rings (SSSR count). The molecule has 2 atom stereocenters. The highest BCUT2D eigenvalue weighted by molar-refractivity contribution is 14.0. The second kappa shape index (κ2) is 11.3.